The molecule has 0 aliphatic heterocycles. The first-order valence-corrected chi connectivity index (χ1v) is 4.75. The summed E-state index contributed by atoms with van der Waals surface area (Å²) in [5.41, 5.74) is 0. The molecule has 13 heavy (non-hydrogen) atoms. The highest BCUT2D eigenvalue weighted by Gasteiger charge is 1.98. The van der Waals surface area contributed by atoms with E-state index < -0.39 is 0 Å². The normalized spacial score (nSPS) is 10.0. The van der Waals surface area contributed by atoms with Gasteiger partial charge in [-0.2, -0.15) is 0 Å². The number of hydrogen-bond donors (Lipinski definition) is 1. The molecule has 0 unspecified atom stereocenters. The molecular formula is C9H19NO3. The first-order chi connectivity index (χ1) is 6.31. The zero-order chi connectivity index (χ0) is 9.94. The molecule has 0 saturated heterocycles. The fraction of sp³-hybridized carbons (Fsp3) is 0.889. The smallest absolute Gasteiger partial charge is 0.319 e. The van der Waals surface area contributed by atoms with Crippen molar-refractivity contribution in [3.63, 3.8) is 0 Å². The van der Waals surface area contributed by atoms with Gasteiger partial charge in [0.25, 0.3) is 0 Å². The second-order valence-electron chi connectivity index (χ2n) is 2.59. The molecule has 0 spiro atoms. The van der Waals surface area contributed by atoms with Crippen LogP contribution in [0.2, 0.25) is 0 Å². The predicted octanol–water partition coefficient (Wildman–Crippen LogP) is 0.566. The lowest BCUT2D eigenvalue weighted by Gasteiger charge is -2.04. The number of hydrogen-bond acceptors (Lipinski definition) is 4. The van der Waals surface area contributed by atoms with E-state index in [1.165, 1.54) is 0 Å². The molecule has 0 saturated carbocycles. The molecule has 0 fully saturated rings. The summed E-state index contributed by atoms with van der Waals surface area (Å²) in [5, 5.41) is 2.93. The van der Waals surface area contributed by atoms with Crippen molar-refractivity contribution in [1.82, 2.24) is 5.32 Å². The van der Waals surface area contributed by atoms with Crippen LogP contribution in [0.5, 0.6) is 0 Å². The Morgan fingerprint density at radius 3 is 2.69 bits per heavy atom. The van der Waals surface area contributed by atoms with E-state index in [9.17, 15) is 4.79 Å². The number of ether oxygens (including phenoxy) is 2. The van der Waals surface area contributed by atoms with Gasteiger partial charge in [-0.3, -0.25) is 4.79 Å². The summed E-state index contributed by atoms with van der Waals surface area (Å²) >= 11 is 0. The van der Waals surface area contributed by atoms with Crippen molar-refractivity contribution in [2.45, 2.75) is 20.3 Å². The Morgan fingerprint density at radius 1 is 1.31 bits per heavy atom. The van der Waals surface area contributed by atoms with Gasteiger partial charge >= 0.3 is 5.97 Å². The van der Waals surface area contributed by atoms with E-state index >= 15 is 0 Å². The fourth-order valence-electron chi connectivity index (χ4n) is 0.793. The van der Waals surface area contributed by atoms with Gasteiger partial charge < -0.3 is 14.8 Å². The number of rotatable bonds is 8. The van der Waals surface area contributed by atoms with Crippen molar-refractivity contribution in [3.05, 3.63) is 0 Å². The van der Waals surface area contributed by atoms with Gasteiger partial charge in [0.2, 0.25) is 0 Å². The van der Waals surface area contributed by atoms with E-state index in [4.69, 9.17) is 9.47 Å². The molecular weight excluding hydrogens is 170 g/mol. The van der Waals surface area contributed by atoms with Crippen LogP contribution in [-0.4, -0.2) is 38.9 Å². The average Bonchev–Trinajstić information content (AvgIpc) is 2.11. The third kappa shape index (κ3) is 9.30. The van der Waals surface area contributed by atoms with E-state index in [2.05, 4.69) is 12.2 Å². The van der Waals surface area contributed by atoms with Crippen LogP contribution in [0.15, 0.2) is 0 Å². The van der Waals surface area contributed by atoms with Crippen molar-refractivity contribution >= 4 is 5.97 Å². The summed E-state index contributed by atoms with van der Waals surface area (Å²) in [5.74, 6) is -0.210. The lowest BCUT2D eigenvalue weighted by atomic mass is 10.5. The maximum Gasteiger partial charge on any atom is 0.319 e. The molecule has 0 aromatic carbocycles. The molecule has 0 aliphatic rings. The minimum Gasteiger partial charge on any atom is -0.465 e. The fourth-order valence-corrected chi connectivity index (χ4v) is 0.793. The first kappa shape index (κ1) is 12.4. The van der Waals surface area contributed by atoms with Crippen LogP contribution in [0.4, 0.5) is 0 Å². The minimum absolute atomic E-state index is 0.210. The first-order valence-electron chi connectivity index (χ1n) is 4.75. The zero-order valence-electron chi connectivity index (χ0n) is 8.47. The average molecular weight is 189 g/mol. The van der Waals surface area contributed by atoms with Crippen molar-refractivity contribution < 1.29 is 14.3 Å². The summed E-state index contributed by atoms with van der Waals surface area (Å²) in [7, 11) is 0. The van der Waals surface area contributed by atoms with Crippen molar-refractivity contribution in [1.29, 1.82) is 0 Å². The van der Waals surface area contributed by atoms with Gasteiger partial charge in [-0.1, -0.05) is 6.92 Å². The maximum absolute atomic E-state index is 10.8. The largest absolute Gasteiger partial charge is 0.465 e. The molecule has 1 N–H and O–H groups in total. The van der Waals surface area contributed by atoms with Crippen LogP contribution in [0, 0.1) is 0 Å². The van der Waals surface area contributed by atoms with Crippen LogP contribution in [0.3, 0.4) is 0 Å². The van der Waals surface area contributed by atoms with Crippen LogP contribution < -0.4 is 5.32 Å². The molecule has 0 radical (unpaired) electrons. The molecule has 4 heteroatoms. The van der Waals surface area contributed by atoms with E-state index in [1.54, 1.807) is 6.92 Å². The van der Waals surface area contributed by atoms with Crippen LogP contribution >= 0.6 is 0 Å². The Kier molecular flexibility index (Phi) is 9.03. The van der Waals surface area contributed by atoms with Gasteiger partial charge in [0.1, 0.15) is 0 Å². The van der Waals surface area contributed by atoms with Crippen molar-refractivity contribution in [2.24, 2.45) is 0 Å². The molecule has 4 nitrogen and oxygen atoms in total. The molecule has 0 aliphatic carbocycles. The third-order valence-corrected chi connectivity index (χ3v) is 1.35. The summed E-state index contributed by atoms with van der Waals surface area (Å²) in [6.07, 6.45) is 1.03. The highest BCUT2D eigenvalue weighted by atomic mass is 16.5. The molecule has 0 amide bonds. The van der Waals surface area contributed by atoms with Gasteiger partial charge in [0.05, 0.1) is 19.8 Å². The van der Waals surface area contributed by atoms with Crippen LogP contribution in [-0.2, 0) is 14.3 Å². The SMILES string of the molecule is CCCOCCNCC(=O)OCC. The number of carbonyl (C=O) groups excluding carboxylic acids is 1. The highest BCUT2D eigenvalue weighted by molar-refractivity contribution is 5.71. The third-order valence-electron chi connectivity index (χ3n) is 1.35. The number of carbonyl (C=O) groups is 1. The van der Waals surface area contributed by atoms with E-state index in [-0.39, 0.29) is 12.5 Å². The summed E-state index contributed by atoms with van der Waals surface area (Å²) in [6.45, 7) is 6.68. The Balaban J connectivity index is 3.02. The summed E-state index contributed by atoms with van der Waals surface area (Å²) in [4.78, 5) is 10.8. The second kappa shape index (κ2) is 9.48. The summed E-state index contributed by atoms with van der Waals surface area (Å²) < 4.78 is 9.94. The Morgan fingerprint density at radius 2 is 2.08 bits per heavy atom. The number of esters is 1. The molecule has 0 atom stereocenters. The molecule has 0 aromatic rings. The number of nitrogens with one attached hydrogen (secondary N) is 1. The maximum atomic E-state index is 10.8. The van der Waals surface area contributed by atoms with Crippen LogP contribution in [0.1, 0.15) is 20.3 Å². The van der Waals surface area contributed by atoms with Gasteiger partial charge in [-0.25, -0.2) is 0 Å². The molecule has 0 heterocycles. The van der Waals surface area contributed by atoms with Crippen molar-refractivity contribution in [2.75, 3.05) is 32.9 Å². The second-order valence-corrected chi connectivity index (χ2v) is 2.59. The predicted molar refractivity (Wildman–Crippen MR) is 50.6 cm³/mol. The zero-order valence-corrected chi connectivity index (χ0v) is 8.47. The van der Waals surface area contributed by atoms with Gasteiger partial charge in [-0.05, 0) is 13.3 Å². The summed E-state index contributed by atoms with van der Waals surface area (Å²) in [6, 6.07) is 0. The molecule has 0 rings (SSSR count). The van der Waals surface area contributed by atoms with Gasteiger partial charge in [0, 0.05) is 13.2 Å². The lowest BCUT2D eigenvalue weighted by Crippen LogP contribution is -2.27. The van der Waals surface area contributed by atoms with E-state index in [0.29, 0.717) is 19.8 Å². The van der Waals surface area contributed by atoms with Crippen molar-refractivity contribution in [3.8, 4) is 0 Å². The monoisotopic (exact) mass is 189 g/mol. The Bertz CT molecular complexity index is 128. The Hall–Kier alpha value is -0.610. The van der Waals surface area contributed by atoms with E-state index in [1.807, 2.05) is 0 Å². The molecule has 0 bridgehead atoms. The van der Waals surface area contributed by atoms with E-state index in [0.717, 1.165) is 13.0 Å². The topological polar surface area (TPSA) is 47.6 Å². The van der Waals surface area contributed by atoms with Gasteiger partial charge in [0.15, 0.2) is 0 Å². The molecule has 0 aromatic heterocycles. The Labute approximate surface area is 79.6 Å². The quantitative estimate of drug-likeness (QED) is 0.448. The lowest BCUT2D eigenvalue weighted by molar-refractivity contribution is -0.142. The van der Waals surface area contributed by atoms with Crippen LogP contribution in [0.25, 0.3) is 0 Å². The van der Waals surface area contributed by atoms with Gasteiger partial charge in [-0.15, -0.1) is 0 Å². The highest BCUT2D eigenvalue weighted by Crippen LogP contribution is 1.79. The standard InChI is InChI=1S/C9H19NO3/c1-3-6-12-7-5-10-8-9(11)13-4-2/h10H,3-8H2,1-2H3. The molecule has 78 valence electrons. The minimum atomic E-state index is -0.210.